The second kappa shape index (κ2) is 10.0. The Bertz CT molecular complexity index is 1720. The lowest BCUT2D eigenvalue weighted by atomic mass is 10.1. The van der Waals surface area contributed by atoms with Crippen LogP contribution in [0.1, 0.15) is 46.1 Å². The third-order valence-electron chi connectivity index (χ3n) is 6.83. The molecule has 0 unspecified atom stereocenters. The molecule has 0 radical (unpaired) electrons. The lowest BCUT2D eigenvalue weighted by Crippen LogP contribution is -2.30. The molecule has 0 spiro atoms. The molecule has 39 heavy (non-hydrogen) atoms. The summed E-state index contributed by atoms with van der Waals surface area (Å²) in [6.45, 7) is 2.40. The highest BCUT2D eigenvalue weighted by molar-refractivity contribution is 6.03. The third kappa shape index (κ3) is 5.06. The molecule has 9 heteroatoms. The number of phenolic OH excluding ortho intramolecular Hbond substituents is 1. The van der Waals surface area contributed by atoms with Crippen LogP contribution in [-0.2, 0) is 6.54 Å². The van der Waals surface area contributed by atoms with Crippen molar-refractivity contribution < 1.29 is 14.7 Å². The number of amides is 2. The van der Waals surface area contributed by atoms with Crippen LogP contribution in [0.25, 0.3) is 22.3 Å². The van der Waals surface area contributed by atoms with E-state index in [0.717, 1.165) is 29.7 Å². The Labute approximate surface area is 224 Å². The zero-order valence-corrected chi connectivity index (χ0v) is 21.3. The van der Waals surface area contributed by atoms with Crippen molar-refractivity contribution in [3.63, 3.8) is 0 Å². The second-order valence-corrected chi connectivity index (χ2v) is 9.66. The van der Waals surface area contributed by atoms with Gasteiger partial charge in [-0.15, -0.1) is 0 Å². The van der Waals surface area contributed by atoms with Gasteiger partial charge >= 0.3 is 6.03 Å². The predicted molar refractivity (Wildman–Crippen MR) is 148 cm³/mol. The van der Waals surface area contributed by atoms with E-state index in [1.165, 1.54) is 16.9 Å². The summed E-state index contributed by atoms with van der Waals surface area (Å²) in [5.74, 6) is -0.241. The standard InChI is InChI=1S/C30H26N6O3/c1-18-6-2-3-7-20(18)16-32-30(39)36-27(19-10-11-19)15-25(35-36)22-13-12-21(14-28(22)37)33-29(38)26-17-31-23-8-4-5-9-24(23)34-26/h2-9,12-15,17,19,37H,10-11,16H2,1H3,(H,32,39)(H,33,38). The highest BCUT2D eigenvalue weighted by Crippen LogP contribution is 2.42. The summed E-state index contributed by atoms with van der Waals surface area (Å²) in [5, 5.41) is 21.1. The van der Waals surface area contributed by atoms with Gasteiger partial charge in [0.15, 0.2) is 0 Å². The Kier molecular flexibility index (Phi) is 6.24. The van der Waals surface area contributed by atoms with Crippen molar-refractivity contribution in [2.45, 2.75) is 32.2 Å². The molecule has 0 bridgehead atoms. The number of nitrogens with zero attached hydrogens (tertiary/aromatic N) is 4. The van der Waals surface area contributed by atoms with Gasteiger partial charge in [-0.2, -0.15) is 9.78 Å². The van der Waals surface area contributed by atoms with Crippen molar-refractivity contribution in [1.82, 2.24) is 25.1 Å². The molecule has 9 nitrogen and oxygen atoms in total. The second-order valence-electron chi connectivity index (χ2n) is 9.66. The fraction of sp³-hybridized carbons (Fsp3) is 0.167. The zero-order valence-electron chi connectivity index (χ0n) is 21.3. The SMILES string of the molecule is Cc1ccccc1CNC(=O)n1nc(-c2ccc(NC(=O)c3cnc4ccccc4n3)cc2O)cc1C1CC1. The molecule has 2 heterocycles. The first-order chi connectivity index (χ1) is 19.0. The van der Waals surface area contributed by atoms with Gasteiger partial charge in [-0.25, -0.2) is 9.78 Å². The van der Waals surface area contributed by atoms with E-state index in [2.05, 4.69) is 25.7 Å². The first-order valence-electron chi connectivity index (χ1n) is 12.8. The molecule has 1 fully saturated rings. The summed E-state index contributed by atoms with van der Waals surface area (Å²) in [6.07, 6.45) is 3.40. The minimum atomic E-state index is -0.439. The minimum Gasteiger partial charge on any atom is -0.507 e. The first-order valence-corrected chi connectivity index (χ1v) is 12.8. The molecular formula is C30H26N6O3. The maximum Gasteiger partial charge on any atom is 0.342 e. The molecule has 0 saturated heterocycles. The highest BCUT2D eigenvalue weighted by Gasteiger charge is 2.30. The summed E-state index contributed by atoms with van der Waals surface area (Å²) in [4.78, 5) is 34.5. The third-order valence-corrected chi connectivity index (χ3v) is 6.83. The van der Waals surface area contributed by atoms with E-state index < -0.39 is 5.91 Å². The predicted octanol–water partition coefficient (Wildman–Crippen LogP) is 5.39. The molecule has 2 amide bonds. The monoisotopic (exact) mass is 518 g/mol. The van der Waals surface area contributed by atoms with Gasteiger partial charge < -0.3 is 15.7 Å². The highest BCUT2D eigenvalue weighted by atomic mass is 16.3. The Morgan fingerprint density at radius 2 is 1.77 bits per heavy atom. The average Bonchev–Trinajstić information content (AvgIpc) is 3.70. The van der Waals surface area contributed by atoms with E-state index in [4.69, 9.17) is 0 Å². The largest absolute Gasteiger partial charge is 0.507 e. The molecule has 1 aliphatic rings. The topological polar surface area (TPSA) is 122 Å². The van der Waals surface area contributed by atoms with Crippen LogP contribution < -0.4 is 10.6 Å². The molecule has 1 aliphatic carbocycles. The van der Waals surface area contributed by atoms with E-state index in [9.17, 15) is 14.7 Å². The number of aromatic nitrogens is 4. The van der Waals surface area contributed by atoms with Crippen LogP contribution in [0, 0.1) is 6.92 Å². The summed E-state index contributed by atoms with van der Waals surface area (Å²) in [7, 11) is 0. The quantitative estimate of drug-likeness (QED) is 0.277. The van der Waals surface area contributed by atoms with Crippen molar-refractivity contribution in [3.05, 3.63) is 102 Å². The van der Waals surface area contributed by atoms with Crippen molar-refractivity contribution in [1.29, 1.82) is 0 Å². The van der Waals surface area contributed by atoms with E-state index >= 15 is 0 Å². The number of rotatable bonds is 6. The number of hydrogen-bond acceptors (Lipinski definition) is 6. The van der Waals surface area contributed by atoms with Crippen LogP contribution >= 0.6 is 0 Å². The molecular weight excluding hydrogens is 492 g/mol. The molecule has 3 N–H and O–H groups in total. The van der Waals surface area contributed by atoms with E-state index in [1.54, 1.807) is 18.2 Å². The number of aryl methyl sites for hydroxylation is 1. The summed E-state index contributed by atoms with van der Waals surface area (Å²) < 4.78 is 1.40. The van der Waals surface area contributed by atoms with Crippen LogP contribution in [0.5, 0.6) is 5.75 Å². The Balaban J connectivity index is 1.20. The van der Waals surface area contributed by atoms with Crippen molar-refractivity contribution in [2.24, 2.45) is 0 Å². The number of fused-ring (bicyclic) bond motifs is 1. The van der Waals surface area contributed by atoms with Crippen LogP contribution in [-0.4, -0.2) is 36.8 Å². The molecule has 2 aromatic heterocycles. The number of para-hydroxylation sites is 2. The Morgan fingerprint density at radius 3 is 2.54 bits per heavy atom. The van der Waals surface area contributed by atoms with Gasteiger partial charge in [-0.05, 0) is 61.2 Å². The van der Waals surface area contributed by atoms with E-state index in [-0.39, 0.29) is 23.4 Å². The average molecular weight is 519 g/mol. The number of hydrogen-bond donors (Lipinski definition) is 3. The summed E-state index contributed by atoms with van der Waals surface area (Å²) in [6, 6.07) is 21.5. The van der Waals surface area contributed by atoms with E-state index in [1.807, 2.05) is 55.5 Å². The number of aromatic hydroxyl groups is 1. The van der Waals surface area contributed by atoms with Gasteiger partial charge in [-0.1, -0.05) is 36.4 Å². The number of nitrogens with one attached hydrogen (secondary N) is 2. The smallest absolute Gasteiger partial charge is 0.342 e. The van der Waals surface area contributed by atoms with Crippen molar-refractivity contribution in [3.8, 4) is 17.0 Å². The molecule has 3 aromatic carbocycles. The maximum atomic E-state index is 13.1. The molecule has 0 atom stereocenters. The fourth-order valence-electron chi connectivity index (χ4n) is 4.50. The molecule has 194 valence electrons. The van der Waals surface area contributed by atoms with Gasteiger partial charge in [0.05, 0.1) is 28.6 Å². The van der Waals surface area contributed by atoms with Crippen LogP contribution in [0.2, 0.25) is 0 Å². The molecule has 6 rings (SSSR count). The first kappa shape index (κ1) is 24.3. The zero-order chi connectivity index (χ0) is 26.9. The van der Waals surface area contributed by atoms with Crippen molar-refractivity contribution in [2.75, 3.05) is 5.32 Å². The summed E-state index contributed by atoms with van der Waals surface area (Å²) in [5.41, 5.74) is 5.79. The minimum absolute atomic E-state index is 0.0651. The summed E-state index contributed by atoms with van der Waals surface area (Å²) >= 11 is 0. The van der Waals surface area contributed by atoms with E-state index in [0.29, 0.717) is 34.5 Å². The van der Waals surface area contributed by atoms with Gasteiger partial charge in [0, 0.05) is 29.8 Å². The van der Waals surface area contributed by atoms with Gasteiger partial charge in [0.25, 0.3) is 5.91 Å². The van der Waals surface area contributed by atoms with Crippen LogP contribution in [0.15, 0.2) is 79.0 Å². The lowest BCUT2D eigenvalue weighted by Gasteiger charge is -2.10. The number of anilines is 1. The molecule has 1 saturated carbocycles. The van der Waals surface area contributed by atoms with Gasteiger partial charge in [0.1, 0.15) is 11.4 Å². The van der Waals surface area contributed by atoms with Crippen LogP contribution in [0.4, 0.5) is 10.5 Å². The number of phenols is 1. The number of benzene rings is 3. The molecule has 0 aliphatic heterocycles. The normalized spacial score (nSPS) is 12.8. The number of carbonyl (C=O) groups is 2. The van der Waals surface area contributed by atoms with Gasteiger partial charge in [-0.3, -0.25) is 9.78 Å². The maximum absolute atomic E-state index is 13.1. The van der Waals surface area contributed by atoms with Crippen LogP contribution in [0.3, 0.4) is 0 Å². The molecule has 5 aromatic rings. The fourth-order valence-corrected chi connectivity index (χ4v) is 4.50. The Hall–Kier alpha value is -5.05. The Morgan fingerprint density at radius 1 is 1.00 bits per heavy atom. The number of carbonyl (C=O) groups excluding carboxylic acids is 2. The van der Waals surface area contributed by atoms with Crippen molar-refractivity contribution >= 4 is 28.7 Å². The van der Waals surface area contributed by atoms with Gasteiger partial charge in [0.2, 0.25) is 0 Å². The lowest BCUT2D eigenvalue weighted by molar-refractivity contribution is 0.102.